The van der Waals surface area contributed by atoms with Gasteiger partial charge in [0.05, 0.1) is 25.6 Å². The molecule has 0 aliphatic heterocycles. The summed E-state index contributed by atoms with van der Waals surface area (Å²) in [4.78, 5) is 0. The Bertz CT molecular complexity index is 411. The van der Waals surface area contributed by atoms with Gasteiger partial charge in [-0.15, -0.1) is 0 Å². The zero-order chi connectivity index (χ0) is 15.1. The van der Waals surface area contributed by atoms with Crippen molar-refractivity contribution >= 4 is 0 Å². The number of aryl methyl sites for hydroxylation is 1. The molecule has 3 unspecified atom stereocenters. The number of nitrogens with zero attached hydrogens (tertiary/aromatic N) is 2. The highest BCUT2D eigenvalue weighted by molar-refractivity contribution is 5.14. The summed E-state index contributed by atoms with van der Waals surface area (Å²) in [5.74, 6) is 0.823. The Balaban J connectivity index is 1.85. The third kappa shape index (κ3) is 4.43. The molecule has 0 amide bonds. The van der Waals surface area contributed by atoms with Crippen molar-refractivity contribution in [2.45, 2.75) is 51.5 Å². The topological polar surface area (TPSA) is 57.5 Å². The number of rotatable bonds is 10. The van der Waals surface area contributed by atoms with E-state index in [0.29, 0.717) is 19.3 Å². The van der Waals surface area contributed by atoms with Gasteiger partial charge in [-0.25, -0.2) is 0 Å². The molecule has 0 spiro atoms. The van der Waals surface area contributed by atoms with Crippen LogP contribution in [0.15, 0.2) is 12.4 Å². The van der Waals surface area contributed by atoms with E-state index in [1.807, 2.05) is 10.9 Å². The SMILES string of the molecule is CCCn1cc(OC2CC(NCC)C2OCCOC)cn1. The van der Waals surface area contributed by atoms with Crippen molar-refractivity contribution in [1.29, 1.82) is 0 Å². The Morgan fingerprint density at radius 3 is 2.95 bits per heavy atom. The standard InChI is InChI=1S/C15H27N3O3/c1-4-6-18-11-12(10-17-18)21-14-9-13(16-5-2)15(14)20-8-7-19-3/h10-11,13-16H,4-9H2,1-3H3. The Kier molecular flexibility index (Phi) is 6.48. The van der Waals surface area contributed by atoms with E-state index in [1.165, 1.54) is 0 Å². The van der Waals surface area contributed by atoms with Crippen LogP contribution in [0.4, 0.5) is 0 Å². The molecule has 1 fully saturated rings. The number of likely N-dealkylation sites (N-methyl/N-ethyl adjacent to an activating group) is 1. The van der Waals surface area contributed by atoms with Gasteiger partial charge in [0, 0.05) is 26.1 Å². The van der Waals surface area contributed by atoms with E-state index in [4.69, 9.17) is 14.2 Å². The molecule has 1 aromatic rings. The van der Waals surface area contributed by atoms with E-state index in [9.17, 15) is 0 Å². The number of ether oxygens (including phenoxy) is 3. The number of hydrogen-bond donors (Lipinski definition) is 1. The van der Waals surface area contributed by atoms with E-state index in [1.54, 1.807) is 13.3 Å². The van der Waals surface area contributed by atoms with Crippen molar-refractivity contribution in [3.8, 4) is 5.75 Å². The maximum absolute atomic E-state index is 6.01. The number of methoxy groups -OCH3 is 1. The lowest BCUT2D eigenvalue weighted by atomic mass is 9.85. The highest BCUT2D eigenvalue weighted by atomic mass is 16.6. The molecule has 1 aromatic heterocycles. The molecule has 120 valence electrons. The molecule has 0 saturated heterocycles. The van der Waals surface area contributed by atoms with Crippen LogP contribution >= 0.6 is 0 Å². The zero-order valence-electron chi connectivity index (χ0n) is 13.2. The van der Waals surface area contributed by atoms with E-state index in [-0.39, 0.29) is 12.2 Å². The molecule has 6 nitrogen and oxygen atoms in total. The highest BCUT2D eigenvalue weighted by Gasteiger charge is 2.43. The zero-order valence-corrected chi connectivity index (χ0v) is 13.2. The van der Waals surface area contributed by atoms with Crippen molar-refractivity contribution in [3.05, 3.63) is 12.4 Å². The summed E-state index contributed by atoms with van der Waals surface area (Å²) in [7, 11) is 1.68. The smallest absolute Gasteiger partial charge is 0.157 e. The van der Waals surface area contributed by atoms with Crippen LogP contribution in [0.3, 0.4) is 0 Å². The molecule has 3 atom stereocenters. The quantitative estimate of drug-likeness (QED) is 0.663. The Morgan fingerprint density at radius 1 is 1.38 bits per heavy atom. The molecular formula is C15H27N3O3. The molecule has 21 heavy (non-hydrogen) atoms. The molecule has 0 aromatic carbocycles. The molecule has 1 N–H and O–H groups in total. The second kappa shape index (κ2) is 8.36. The second-order valence-corrected chi connectivity index (χ2v) is 5.32. The Morgan fingerprint density at radius 2 is 2.24 bits per heavy atom. The third-order valence-electron chi connectivity index (χ3n) is 3.66. The molecule has 0 bridgehead atoms. The second-order valence-electron chi connectivity index (χ2n) is 5.32. The van der Waals surface area contributed by atoms with E-state index in [2.05, 4.69) is 24.3 Å². The lowest BCUT2D eigenvalue weighted by Gasteiger charge is -2.43. The monoisotopic (exact) mass is 297 g/mol. The molecule has 1 saturated carbocycles. The summed E-state index contributed by atoms with van der Waals surface area (Å²) in [6.45, 7) is 7.30. The van der Waals surface area contributed by atoms with Crippen molar-refractivity contribution < 1.29 is 14.2 Å². The fourth-order valence-corrected chi connectivity index (χ4v) is 2.58. The first-order valence-corrected chi connectivity index (χ1v) is 7.81. The van der Waals surface area contributed by atoms with Gasteiger partial charge in [0.15, 0.2) is 5.75 Å². The lowest BCUT2D eigenvalue weighted by molar-refractivity contribution is -0.115. The minimum atomic E-state index is 0.0784. The summed E-state index contributed by atoms with van der Waals surface area (Å²) in [5.41, 5.74) is 0. The van der Waals surface area contributed by atoms with Gasteiger partial charge in [-0.1, -0.05) is 13.8 Å². The number of hydrogen-bond acceptors (Lipinski definition) is 5. The predicted molar refractivity (Wildman–Crippen MR) is 80.6 cm³/mol. The van der Waals surface area contributed by atoms with E-state index >= 15 is 0 Å². The maximum atomic E-state index is 6.01. The van der Waals surface area contributed by atoms with Gasteiger partial charge in [-0.05, 0) is 13.0 Å². The lowest BCUT2D eigenvalue weighted by Crippen LogP contribution is -2.61. The summed E-state index contributed by atoms with van der Waals surface area (Å²) in [6.07, 6.45) is 5.93. The average Bonchev–Trinajstić information content (AvgIpc) is 2.90. The highest BCUT2D eigenvalue weighted by Crippen LogP contribution is 2.29. The largest absolute Gasteiger partial charge is 0.484 e. The van der Waals surface area contributed by atoms with Crippen LogP contribution < -0.4 is 10.1 Å². The van der Waals surface area contributed by atoms with Gasteiger partial charge < -0.3 is 19.5 Å². The maximum Gasteiger partial charge on any atom is 0.157 e. The predicted octanol–water partition coefficient (Wildman–Crippen LogP) is 1.45. The van der Waals surface area contributed by atoms with Gasteiger partial charge in [-0.3, -0.25) is 4.68 Å². The van der Waals surface area contributed by atoms with Gasteiger partial charge in [-0.2, -0.15) is 5.10 Å². The van der Waals surface area contributed by atoms with E-state index in [0.717, 1.165) is 31.7 Å². The van der Waals surface area contributed by atoms with Gasteiger partial charge in [0.25, 0.3) is 0 Å². The van der Waals surface area contributed by atoms with Crippen LogP contribution in [0, 0.1) is 0 Å². The van der Waals surface area contributed by atoms with Crippen LogP contribution in [0.25, 0.3) is 0 Å². The normalized spacial score (nSPS) is 24.8. The van der Waals surface area contributed by atoms with Gasteiger partial charge >= 0.3 is 0 Å². The molecule has 6 heteroatoms. The number of aromatic nitrogens is 2. The first-order valence-electron chi connectivity index (χ1n) is 7.81. The summed E-state index contributed by atoms with van der Waals surface area (Å²) >= 11 is 0. The molecule has 0 radical (unpaired) electrons. The molecule has 1 heterocycles. The first kappa shape index (κ1) is 16.3. The molecule has 1 aliphatic rings. The van der Waals surface area contributed by atoms with Crippen molar-refractivity contribution in [1.82, 2.24) is 15.1 Å². The fraction of sp³-hybridized carbons (Fsp3) is 0.800. The Labute approximate surface area is 126 Å². The van der Waals surface area contributed by atoms with Crippen LogP contribution in [0.2, 0.25) is 0 Å². The van der Waals surface area contributed by atoms with E-state index < -0.39 is 0 Å². The summed E-state index contributed by atoms with van der Waals surface area (Å²) < 4.78 is 18.8. The summed E-state index contributed by atoms with van der Waals surface area (Å²) in [5, 5.41) is 7.72. The minimum absolute atomic E-state index is 0.0784. The van der Waals surface area contributed by atoms with Crippen molar-refractivity contribution in [3.63, 3.8) is 0 Å². The third-order valence-corrected chi connectivity index (χ3v) is 3.66. The fourth-order valence-electron chi connectivity index (χ4n) is 2.58. The average molecular weight is 297 g/mol. The van der Waals surface area contributed by atoms with Crippen molar-refractivity contribution in [2.24, 2.45) is 0 Å². The summed E-state index contributed by atoms with van der Waals surface area (Å²) in [6, 6.07) is 0.363. The van der Waals surface area contributed by atoms with Gasteiger partial charge in [0.2, 0.25) is 0 Å². The van der Waals surface area contributed by atoms with Crippen LogP contribution in [0.5, 0.6) is 5.75 Å². The minimum Gasteiger partial charge on any atom is -0.484 e. The number of nitrogens with one attached hydrogen (secondary N) is 1. The first-order chi connectivity index (χ1) is 10.3. The van der Waals surface area contributed by atoms with Gasteiger partial charge in [0.1, 0.15) is 12.2 Å². The van der Waals surface area contributed by atoms with Crippen LogP contribution in [-0.4, -0.2) is 54.9 Å². The van der Waals surface area contributed by atoms with Crippen LogP contribution in [0.1, 0.15) is 26.7 Å². The molecular weight excluding hydrogens is 270 g/mol. The van der Waals surface area contributed by atoms with Crippen molar-refractivity contribution in [2.75, 3.05) is 26.9 Å². The molecule has 2 rings (SSSR count). The van der Waals surface area contributed by atoms with Crippen LogP contribution in [-0.2, 0) is 16.0 Å². The molecule has 1 aliphatic carbocycles. The Hall–Kier alpha value is -1.11.